The Kier molecular flexibility index (Phi) is 4.48. The molecule has 3 N–H and O–H groups in total. The Balaban J connectivity index is 1.92. The Hall–Kier alpha value is -1.92. The lowest BCUT2D eigenvalue weighted by molar-refractivity contribution is 0.292. The van der Waals surface area contributed by atoms with Crippen LogP contribution in [0.1, 0.15) is 5.56 Å². The van der Waals surface area contributed by atoms with Gasteiger partial charge in [0, 0.05) is 5.02 Å². The van der Waals surface area contributed by atoms with E-state index in [1.807, 2.05) is 12.1 Å². The highest BCUT2D eigenvalue weighted by Gasteiger charge is 2.00. The molecule has 0 fully saturated rings. The number of nitrogens with zero attached hydrogens (tertiary/aromatic N) is 2. The van der Waals surface area contributed by atoms with Crippen LogP contribution in [0.25, 0.3) is 0 Å². The molecule has 0 saturated carbocycles. The highest BCUT2D eigenvalue weighted by atomic mass is 35.5. The van der Waals surface area contributed by atoms with E-state index in [0.29, 0.717) is 23.3 Å². The van der Waals surface area contributed by atoms with Crippen molar-refractivity contribution in [3.63, 3.8) is 0 Å². The minimum atomic E-state index is 0.143. The van der Waals surface area contributed by atoms with Gasteiger partial charge in [0.1, 0.15) is 6.61 Å². The van der Waals surface area contributed by atoms with E-state index in [4.69, 9.17) is 34.3 Å². The monoisotopic (exact) mass is 294 g/mol. The molecule has 0 radical (unpaired) electrons. The predicted octanol–water partition coefficient (Wildman–Crippen LogP) is 2.36. The molecule has 5 nitrogen and oxygen atoms in total. The molecule has 0 aliphatic heterocycles. The van der Waals surface area contributed by atoms with Gasteiger partial charge in [0.2, 0.25) is 5.88 Å². The molecule has 1 aromatic carbocycles. The molecule has 1 heterocycles. The first kappa shape index (κ1) is 13.5. The number of halogens is 1. The molecular weight excluding hydrogens is 284 g/mol. The lowest BCUT2D eigenvalue weighted by Gasteiger charge is -2.06. The topological polar surface area (TPSA) is 73.1 Å². The SMILES string of the molecule is NC(=S)Nc1cnc(OCc2ccc(Cl)cc2)cn1. The molecule has 0 bridgehead atoms. The van der Waals surface area contributed by atoms with Crippen LogP contribution >= 0.6 is 23.8 Å². The van der Waals surface area contributed by atoms with E-state index in [9.17, 15) is 0 Å². The lowest BCUT2D eigenvalue weighted by atomic mass is 10.2. The molecule has 7 heteroatoms. The van der Waals surface area contributed by atoms with Crippen LogP contribution in [0.15, 0.2) is 36.7 Å². The van der Waals surface area contributed by atoms with Crippen LogP contribution < -0.4 is 15.8 Å². The summed E-state index contributed by atoms with van der Waals surface area (Å²) in [5, 5.41) is 3.51. The van der Waals surface area contributed by atoms with E-state index in [1.165, 1.54) is 12.4 Å². The lowest BCUT2D eigenvalue weighted by Crippen LogP contribution is -2.19. The summed E-state index contributed by atoms with van der Waals surface area (Å²) in [4.78, 5) is 8.13. The molecule has 0 aliphatic rings. The van der Waals surface area contributed by atoms with E-state index < -0.39 is 0 Å². The second-order valence-electron chi connectivity index (χ2n) is 3.64. The highest BCUT2D eigenvalue weighted by molar-refractivity contribution is 7.80. The Labute approximate surface area is 120 Å². The normalized spacial score (nSPS) is 9.95. The number of benzene rings is 1. The molecule has 19 heavy (non-hydrogen) atoms. The maximum Gasteiger partial charge on any atom is 0.232 e. The van der Waals surface area contributed by atoms with Crippen LogP contribution in [0.3, 0.4) is 0 Å². The van der Waals surface area contributed by atoms with Gasteiger partial charge in [-0.25, -0.2) is 9.97 Å². The summed E-state index contributed by atoms with van der Waals surface area (Å²) < 4.78 is 5.48. The van der Waals surface area contributed by atoms with Crippen molar-refractivity contribution < 1.29 is 4.74 Å². The van der Waals surface area contributed by atoms with Crippen molar-refractivity contribution in [1.29, 1.82) is 0 Å². The first-order valence-electron chi connectivity index (χ1n) is 5.39. The third-order valence-corrected chi connectivity index (χ3v) is 2.53. The first-order valence-corrected chi connectivity index (χ1v) is 6.18. The Bertz CT molecular complexity index is 559. The smallest absolute Gasteiger partial charge is 0.232 e. The van der Waals surface area contributed by atoms with Crippen molar-refractivity contribution in [1.82, 2.24) is 9.97 Å². The minimum Gasteiger partial charge on any atom is -0.472 e. The fourth-order valence-corrected chi connectivity index (χ4v) is 1.55. The predicted molar refractivity (Wildman–Crippen MR) is 78.2 cm³/mol. The van der Waals surface area contributed by atoms with Crippen LogP contribution in [0.2, 0.25) is 5.02 Å². The van der Waals surface area contributed by atoms with Crippen LogP contribution in [0.5, 0.6) is 5.88 Å². The van der Waals surface area contributed by atoms with Crippen molar-refractivity contribution >= 4 is 34.7 Å². The summed E-state index contributed by atoms with van der Waals surface area (Å²) in [5.74, 6) is 0.898. The van der Waals surface area contributed by atoms with Crippen molar-refractivity contribution in [2.45, 2.75) is 6.61 Å². The summed E-state index contributed by atoms with van der Waals surface area (Å²) in [6.07, 6.45) is 2.99. The zero-order valence-electron chi connectivity index (χ0n) is 9.84. The van der Waals surface area contributed by atoms with Crippen LogP contribution in [0, 0.1) is 0 Å². The average Bonchev–Trinajstić information content (AvgIpc) is 2.39. The number of rotatable bonds is 4. The van der Waals surface area contributed by atoms with Crippen molar-refractivity contribution in [2.75, 3.05) is 5.32 Å². The standard InChI is InChI=1S/C12H11ClN4OS/c13-9-3-1-8(2-4-9)7-18-11-6-15-10(5-16-11)17-12(14)19/h1-6H,7H2,(H3,14,15,17,19). The third kappa shape index (κ3) is 4.35. The quantitative estimate of drug-likeness (QED) is 0.844. The van der Waals surface area contributed by atoms with Crippen LogP contribution in [-0.2, 0) is 6.61 Å². The van der Waals surface area contributed by atoms with Gasteiger partial charge in [-0.15, -0.1) is 0 Å². The maximum atomic E-state index is 5.80. The Morgan fingerprint density at radius 3 is 2.58 bits per heavy atom. The number of thiocarbonyl (C=S) groups is 1. The number of nitrogens with two attached hydrogens (primary N) is 1. The molecule has 0 amide bonds. The Morgan fingerprint density at radius 1 is 1.26 bits per heavy atom. The van der Waals surface area contributed by atoms with Gasteiger partial charge in [-0.3, -0.25) is 0 Å². The van der Waals surface area contributed by atoms with E-state index >= 15 is 0 Å². The summed E-state index contributed by atoms with van der Waals surface area (Å²) in [6.45, 7) is 0.397. The average molecular weight is 295 g/mol. The molecule has 0 aliphatic carbocycles. The van der Waals surface area contributed by atoms with Gasteiger partial charge >= 0.3 is 0 Å². The second kappa shape index (κ2) is 6.31. The van der Waals surface area contributed by atoms with Crippen molar-refractivity contribution in [3.05, 3.63) is 47.2 Å². The van der Waals surface area contributed by atoms with Gasteiger partial charge in [-0.05, 0) is 29.9 Å². The molecule has 1 aromatic heterocycles. The van der Waals surface area contributed by atoms with E-state index in [1.54, 1.807) is 12.1 Å². The van der Waals surface area contributed by atoms with Gasteiger partial charge < -0.3 is 15.8 Å². The zero-order valence-corrected chi connectivity index (χ0v) is 11.4. The van der Waals surface area contributed by atoms with Crippen LogP contribution in [-0.4, -0.2) is 15.1 Å². The van der Waals surface area contributed by atoms with E-state index in [-0.39, 0.29) is 5.11 Å². The van der Waals surface area contributed by atoms with Gasteiger partial charge in [-0.1, -0.05) is 23.7 Å². The maximum absolute atomic E-state index is 5.80. The van der Waals surface area contributed by atoms with E-state index in [2.05, 4.69) is 15.3 Å². The largest absolute Gasteiger partial charge is 0.472 e. The number of aromatic nitrogens is 2. The fraction of sp³-hybridized carbons (Fsp3) is 0.0833. The second-order valence-corrected chi connectivity index (χ2v) is 4.52. The molecule has 0 atom stereocenters. The summed E-state index contributed by atoms with van der Waals surface area (Å²) in [5.41, 5.74) is 6.32. The van der Waals surface area contributed by atoms with Gasteiger partial charge in [-0.2, -0.15) is 0 Å². The van der Waals surface area contributed by atoms with Crippen LogP contribution in [0.4, 0.5) is 5.82 Å². The van der Waals surface area contributed by atoms with Crippen molar-refractivity contribution in [3.8, 4) is 5.88 Å². The molecular formula is C12H11ClN4OS. The summed E-state index contributed by atoms with van der Waals surface area (Å²) in [7, 11) is 0. The third-order valence-electron chi connectivity index (χ3n) is 2.18. The molecule has 98 valence electrons. The number of hydrogen-bond acceptors (Lipinski definition) is 4. The molecule has 0 saturated heterocycles. The van der Waals surface area contributed by atoms with Gasteiger partial charge in [0.25, 0.3) is 0 Å². The van der Waals surface area contributed by atoms with Gasteiger partial charge in [0.05, 0.1) is 12.4 Å². The zero-order chi connectivity index (χ0) is 13.7. The van der Waals surface area contributed by atoms with Crippen molar-refractivity contribution in [2.24, 2.45) is 5.73 Å². The fourth-order valence-electron chi connectivity index (χ4n) is 1.32. The van der Waals surface area contributed by atoms with E-state index in [0.717, 1.165) is 5.56 Å². The molecule has 0 unspecified atom stereocenters. The highest BCUT2D eigenvalue weighted by Crippen LogP contribution is 2.13. The first-order chi connectivity index (χ1) is 9.13. The minimum absolute atomic E-state index is 0.143. The number of anilines is 1. The number of hydrogen-bond donors (Lipinski definition) is 2. The summed E-state index contributed by atoms with van der Waals surface area (Å²) in [6, 6.07) is 7.39. The number of ether oxygens (including phenoxy) is 1. The van der Waals surface area contributed by atoms with Gasteiger partial charge in [0.15, 0.2) is 10.9 Å². The Morgan fingerprint density at radius 2 is 2.00 bits per heavy atom. The molecule has 2 rings (SSSR count). The number of nitrogens with one attached hydrogen (secondary N) is 1. The summed E-state index contributed by atoms with van der Waals surface area (Å²) >= 11 is 10.5. The molecule has 0 spiro atoms. The molecule has 2 aromatic rings.